The SMILES string of the molecule is CN(C)c1ccc(NC(=O)C(=O)NCC2COC3(CCCCC3)O2)cc1. The minimum atomic E-state index is -0.686. The Morgan fingerprint density at radius 3 is 2.46 bits per heavy atom. The molecule has 0 radical (unpaired) electrons. The van der Waals surface area contributed by atoms with Crippen molar-refractivity contribution in [2.24, 2.45) is 0 Å². The number of carbonyl (C=O) groups excluding carboxylic acids is 2. The Balaban J connectivity index is 1.44. The van der Waals surface area contributed by atoms with Crippen LogP contribution in [-0.2, 0) is 19.1 Å². The number of ether oxygens (including phenoxy) is 2. The third kappa shape index (κ3) is 4.53. The van der Waals surface area contributed by atoms with E-state index in [2.05, 4.69) is 10.6 Å². The minimum Gasteiger partial charge on any atom is -0.378 e. The predicted octanol–water partition coefficient (Wildman–Crippen LogP) is 1.88. The lowest BCUT2D eigenvalue weighted by Crippen LogP contribution is -2.41. The molecule has 1 spiro atoms. The zero-order chi connectivity index (χ0) is 18.6. The number of nitrogens with one attached hydrogen (secondary N) is 2. The highest BCUT2D eigenvalue weighted by molar-refractivity contribution is 6.39. The number of benzene rings is 1. The van der Waals surface area contributed by atoms with Gasteiger partial charge >= 0.3 is 11.8 Å². The van der Waals surface area contributed by atoms with E-state index in [1.54, 1.807) is 12.1 Å². The van der Waals surface area contributed by atoms with Crippen LogP contribution in [0.1, 0.15) is 32.1 Å². The first-order chi connectivity index (χ1) is 12.5. The van der Waals surface area contributed by atoms with Gasteiger partial charge in [-0.3, -0.25) is 9.59 Å². The van der Waals surface area contributed by atoms with Crippen LogP contribution in [0.3, 0.4) is 0 Å². The summed E-state index contributed by atoms with van der Waals surface area (Å²) < 4.78 is 11.8. The van der Waals surface area contributed by atoms with Crippen LogP contribution in [0.25, 0.3) is 0 Å². The first kappa shape index (κ1) is 18.7. The van der Waals surface area contributed by atoms with Crippen LogP contribution in [0.4, 0.5) is 11.4 Å². The van der Waals surface area contributed by atoms with Crippen molar-refractivity contribution in [1.29, 1.82) is 0 Å². The van der Waals surface area contributed by atoms with E-state index in [9.17, 15) is 9.59 Å². The smallest absolute Gasteiger partial charge is 0.313 e. The first-order valence-corrected chi connectivity index (χ1v) is 9.16. The molecule has 1 aliphatic carbocycles. The zero-order valence-electron chi connectivity index (χ0n) is 15.4. The number of hydrogen-bond donors (Lipinski definition) is 2. The molecule has 2 N–H and O–H groups in total. The quantitative estimate of drug-likeness (QED) is 0.801. The molecule has 2 aliphatic rings. The summed E-state index contributed by atoms with van der Waals surface area (Å²) in [6.45, 7) is 0.724. The molecular weight excluding hydrogens is 334 g/mol. The van der Waals surface area contributed by atoms with Crippen LogP contribution >= 0.6 is 0 Å². The van der Waals surface area contributed by atoms with Crippen LogP contribution in [-0.4, -0.2) is 51.0 Å². The maximum Gasteiger partial charge on any atom is 0.313 e. The first-order valence-electron chi connectivity index (χ1n) is 9.16. The van der Waals surface area contributed by atoms with Crippen molar-refractivity contribution in [2.75, 3.05) is 37.5 Å². The molecule has 1 aromatic carbocycles. The number of anilines is 2. The van der Waals surface area contributed by atoms with Crippen LogP contribution < -0.4 is 15.5 Å². The summed E-state index contributed by atoms with van der Waals surface area (Å²) in [6.07, 6.45) is 5.03. The van der Waals surface area contributed by atoms with Gasteiger partial charge in [0.25, 0.3) is 0 Å². The van der Waals surface area contributed by atoms with E-state index in [0.717, 1.165) is 31.4 Å². The van der Waals surface area contributed by atoms with E-state index < -0.39 is 17.6 Å². The summed E-state index contributed by atoms with van der Waals surface area (Å²) in [5.74, 6) is -1.83. The van der Waals surface area contributed by atoms with E-state index >= 15 is 0 Å². The lowest BCUT2D eigenvalue weighted by molar-refractivity contribution is -0.186. The topological polar surface area (TPSA) is 79.9 Å². The zero-order valence-corrected chi connectivity index (χ0v) is 15.4. The molecule has 2 amide bonds. The Morgan fingerprint density at radius 2 is 1.81 bits per heavy atom. The number of rotatable bonds is 4. The second-order valence-electron chi connectivity index (χ2n) is 7.13. The van der Waals surface area contributed by atoms with Crippen LogP contribution in [0, 0.1) is 0 Å². The molecule has 7 heteroatoms. The summed E-state index contributed by atoms with van der Waals surface area (Å²) in [5.41, 5.74) is 1.60. The number of amides is 2. The van der Waals surface area contributed by atoms with E-state index in [0.29, 0.717) is 12.3 Å². The molecule has 1 saturated heterocycles. The molecular formula is C19H27N3O4. The molecule has 1 saturated carbocycles. The second-order valence-corrected chi connectivity index (χ2v) is 7.13. The molecule has 1 atom stereocenters. The van der Waals surface area contributed by atoms with Gasteiger partial charge < -0.3 is 25.0 Å². The standard InChI is InChI=1S/C19H27N3O4/c1-22(2)15-8-6-14(7-9-15)21-18(24)17(23)20-12-16-13-25-19(26-16)10-4-3-5-11-19/h6-9,16H,3-5,10-13H2,1-2H3,(H,20,23)(H,21,24). The molecule has 26 heavy (non-hydrogen) atoms. The van der Waals surface area contributed by atoms with Crippen molar-refractivity contribution in [3.05, 3.63) is 24.3 Å². The highest BCUT2D eigenvalue weighted by atomic mass is 16.7. The Bertz CT molecular complexity index is 639. The van der Waals surface area contributed by atoms with E-state index in [-0.39, 0.29) is 12.6 Å². The summed E-state index contributed by atoms with van der Waals surface area (Å²) in [6, 6.07) is 7.28. The van der Waals surface area contributed by atoms with Gasteiger partial charge in [0.15, 0.2) is 5.79 Å². The molecule has 1 heterocycles. The summed E-state index contributed by atoms with van der Waals surface area (Å²) in [7, 11) is 3.88. The molecule has 0 bridgehead atoms. The van der Waals surface area contributed by atoms with Crippen molar-refractivity contribution in [3.63, 3.8) is 0 Å². The van der Waals surface area contributed by atoms with Gasteiger partial charge in [0.05, 0.1) is 6.61 Å². The fourth-order valence-electron chi connectivity index (χ4n) is 3.39. The average molecular weight is 361 g/mol. The van der Waals surface area contributed by atoms with E-state index in [4.69, 9.17) is 9.47 Å². The molecule has 1 aliphatic heterocycles. The summed E-state index contributed by atoms with van der Waals surface area (Å²) in [4.78, 5) is 26.0. The molecule has 142 valence electrons. The fraction of sp³-hybridized carbons (Fsp3) is 0.579. The lowest BCUT2D eigenvalue weighted by Gasteiger charge is -2.31. The van der Waals surface area contributed by atoms with Gasteiger partial charge in [-0.1, -0.05) is 6.42 Å². The molecule has 7 nitrogen and oxygen atoms in total. The summed E-state index contributed by atoms with van der Waals surface area (Å²) >= 11 is 0. The Kier molecular flexibility index (Phi) is 5.78. The molecule has 1 aromatic rings. The second kappa shape index (κ2) is 8.05. The van der Waals surface area contributed by atoms with Gasteiger partial charge in [-0.25, -0.2) is 0 Å². The lowest BCUT2D eigenvalue weighted by atomic mass is 9.94. The van der Waals surface area contributed by atoms with Crippen LogP contribution in [0.2, 0.25) is 0 Å². The highest BCUT2D eigenvalue weighted by Gasteiger charge is 2.42. The molecule has 3 rings (SSSR count). The average Bonchev–Trinajstić information content (AvgIpc) is 3.03. The van der Waals surface area contributed by atoms with Crippen molar-refractivity contribution in [2.45, 2.75) is 44.0 Å². The van der Waals surface area contributed by atoms with Crippen molar-refractivity contribution < 1.29 is 19.1 Å². The van der Waals surface area contributed by atoms with Gasteiger partial charge in [-0.15, -0.1) is 0 Å². The molecule has 2 fully saturated rings. The number of hydrogen-bond acceptors (Lipinski definition) is 5. The molecule has 0 aromatic heterocycles. The third-order valence-electron chi connectivity index (χ3n) is 4.87. The van der Waals surface area contributed by atoms with Gasteiger partial charge in [0.2, 0.25) is 0 Å². The predicted molar refractivity (Wildman–Crippen MR) is 99.0 cm³/mol. The Morgan fingerprint density at radius 1 is 1.12 bits per heavy atom. The monoisotopic (exact) mass is 361 g/mol. The summed E-state index contributed by atoms with van der Waals surface area (Å²) in [5, 5.41) is 5.23. The Hall–Kier alpha value is -2.12. The number of nitrogens with zero attached hydrogens (tertiary/aromatic N) is 1. The maximum atomic E-state index is 12.0. The van der Waals surface area contributed by atoms with Crippen LogP contribution in [0.15, 0.2) is 24.3 Å². The van der Waals surface area contributed by atoms with Crippen molar-refractivity contribution in [3.8, 4) is 0 Å². The van der Waals surface area contributed by atoms with E-state index in [1.807, 2.05) is 31.1 Å². The Labute approximate surface area is 154 Å². The van der Waals surface area contributed by atoms with Crippen LogP contribution in [0.5, 0.6) is 0 Å². The van der Waals surface area contributed by atoms with Crippen molar-refractivity contribution >= 4 is 23.2 Å². The van der Waals surface area contributed by atoms with Crippen molar-refractivity contribution in [1.82, 2.24) is 5.32 Å². The minimum absolute atomic E-state index is 0.204. The van der Waals surface area contributed by atoms with E-state index in [1.165, 1.54) is 6.42 Å². The normalized spacial score (nSPS) is 21.4. The highest BCUT2D eigenvalue weighted by Crippen LogP contribution is 2.37. The fourth-order valence-corrected chi connectivity index (χ4v) is 3.39. The number of carbonyl (C=O) groups is 2. The van der Waals surface area contributed by atoms with Gasteiger partial charge in [-0.05, 0) is 37.1 Å². The molecule has 1 unspecified atom stereocenters. The van der Waals surface area contributed by atoms with Gasteiger partial charge in [-0.2, -0.15) is 0 Å². The van der Waals surface area contributed by atoms with Gasteiger partial charge in [0.1, 0.15) is 6.10 Å². The van der Waals surface area contributed by atoms with Gasteiger partial charge in [0, 0.05) is 44.9 Å². The third-order valence-corrected chi connectivity index (χ3v) is 4.87. The maximum absolute atomic E-state index is 12.0. The largest absolute Gasteiger partial charge is 0.378 e.